The van der Waals surface area contributed by atoms with Crippen molar-refractivity contribution in [3.63, 3.8) is 0 Å². The minimum atomic E-state index is 0.221. The lowest BCUT2D eigenvalue weighted by Gasteiger charge is -2.51. The third-order valence-corrected chi connectivity index (χ3v) is 6.58. The first-order valence-electron chi connectivity index (χ1n) is 9.36. The second-order valence-electron chi connectivity index (χ2n) is 7.59. The Hall–Kier alpha value is -0.120. The molecular weight excluding hydrogens is 258 g/mol. The van der Waals surface area contributed by atoms with Crippen LogP contribution in [0, 0.1) is 11.8 Å². The molecule has 3 heteroatoms. The van der Waals surface area contributed by atoms with E-state index >= 15 is 0 Å². The summed E-state index contributed by atoms with van der Waals surface area (Å²) in [6.45, 7) is 9.65. The molecular formula is C18H37N3. The number of rotatable bonds is 6. The van der Waals surface area contributed by atoms with Crippen LogP contribution < -0.4 is 11.3 Å². The third-order valence-electron chi connectivity index (χ3n) is 6.58. The van der Waals surface area contributed by atoms with Gasteiger partial charge in [0.25, 0.3) is 0 Å². The highest BCUT2D eigenvalue weighted by Crippen LogP contribution is 2.38. The minimum absolute atomic E-state index is 0.221. The molecule has 2 fully saturated rings. The Morgan fingerprint density at radius 2 is 1.71 bits per heavy atom. The maximum absolute atomic E-state index is 6.06. The molecule has 1 heterocycles. The van der Waals surface area contributed by atoms with Crippen molar-refractivity contribution in [2.75, 3.05) is 13.1 Å². The van der Waals surface area contributed by atoms with Gasteiger partial charge in [-0.15, -0.1) is 0 Å². The van der Waals surface area contributed by atoms with Crippen LogP contribution in [0.1, 0.15) is 78.6 Å². The molecule has 3 nitrogen and oxygen atoms in total. The fourth-order valence-electron chi connectivity index (χ4n) is 4.80. The van der Waals surface area contributed by atoms with Crippen molar-refractivity contribution in [1.82, 2.24) is 10.3 Å². The maximum atomic E-state index is 6.06. The van der Waals surface area contributed by atoms with Crippen LogP contribution >= 0.6 is 0 Å². The first-order chi connectivity index (χ1) is 10.2. The summed E-state index contributed by atoms with van der Waals surface area (Å²) in [5.41, 5.74) is 3.47. The Balaban J connectivity index is 2.05. The van der Waals surface area contributed by atoms with Gasteiger partial charge in [-0.3, -0.25) is 16.2 Å². The lowest BCUT2D eigenvalue weighted by molar-refractivity contribution is 0.0126. The average Bonchev–Trinajstić information content (AvgIpc) is 2.56. The molecule has 2 rings (SSSR count). The van der Waals surface area contributed by atoms with Gasteiger partial charge in [-0.25, -0.2) is 0 Å². The molecule has 2 unspecified atom stereocenters. The number of nitrogens with one attached hydrogen (secondary N) is 1. The predicted molar refractivity (Wildman–Crippen MR) is 91.0 cm³/mol. The van der Waals surface area contributed by atoms with Crippen molar-refractivity contribution in [2.45, 2.75) is 90.1 Å². The van der Waals surface area contributed by atoms with Crippen LogP contribution in [-0.2, 0) is 0 Å². The summed E-state index contributed by atoms with van der Waals surface area (Å²) in [7, 11) is 0. The van der Waals surface area contributed by atoms with Crippen molar-refractivity contribution in [1.29, 1.82) is 0 Å². The van der Waals surface area contributed by atoms with Gasteiger partial charge >= 0.3 is 0 Å². The lowest BCUT2D eigenvalue weighted by Crippen LogP contribution is -2.64. The van der Waals surface area contributed by atoms with E-state index in [1.54, 1.807) is 0 Å². The van der Waals surface area contributed by atoms with Gasteiger partial charge in [-0.1, -0.05) is 39.5 Å². The Morgan fingerprint density at radius 3 is 2.19 bits per heavy atom. The summed E-state index contributed by atoms with van der Waals surface area (Å²) >= 11 is 0. The zero-order valence-electron chi connectivity index (χ0n) is 14.5. The van der Waals surface area contributed by atoms with Gasteiger partial charge in [-0.05, 0) is 64.0 Å². The van der Waals surface area contributed by atoms with Gasteiger partial charge in [-0.2, -0.15) is 0 Å². The van der Waals surface area contributed by atoms with E-state index in [0.717, 1.165) is 11.8 Å². The van der Waals surface area contributed by atoms with Crippen LogP contribution in [0.2, 0.25) is 0 Å². The van der Waals surface area contributed by atoms with Crippen LogP contribution in [0.4, 0.5) is 0 Å². The van der Waals surface area contributed by atoms with Crippen LogP contribution in [-0.4, -0.2) is 29.6 Å². The van der Waals surface area contributed by atoms with Gasteiger partial charge in [0.15, 0.2) is 0 Å². The Morgan fingerprint density at radius 1 is 1.10 bits per heavy atom. The Labute approximate surface area is 132 Å². The first-order valence-corrected chi connectivity index (χ1v) is 9.36. The van der Waals surface area contributed by atoms with Crippen LogP contribution in [0.3, 0.4) is 0 Å². The summed E-state index contributed by atoms with van der Waals surface area (Å²) in [6, 6.07) is 0.443. The van der Waals surface area contributed by atoms with Gasteiger partial charge < -0.3 is 0 Å². The van der Waals surface area contributed by atoms with Gasteiger partial charge in [0.05, 0.1) is 0 Å². The van der Waals surface area contributed by atoms with Gasteiger partial charge in [0.2, 0.25) is 0 Å². The monoisotopic (exact) mass is 295 g/mol. The number of hydrazine groups is 1. The fourth-order valence-corrected chi connectivity index (χ4v) is 4.80. The molecule has 0 spiro atoms. The van der Waals surface area contributed by atoms with E-state index < -0.39 is 0 Å². The molecule has 0 radical (unpaired) electrons. The van der Waals surface area contributed by atoms with E-state index in [1.165, 1.54) is 70.9 Å². The SMILES string of the molecule is CCC1CCC(C(NN)C(C)(CC)N2CCCCC2)CC1. The van der Waals surface area contributed by atoms with Crippen LogP contribution in [0.5, 0.6) is 0 Å². The smallest absolute Gasteiger partial charge is 0.0420 e. The normalized spacial score (nSPS) is 32.6. The van der Waals surface area contributed by atoms with Crippen LogP contribution in [0.15, 0.2) is 0 Å². The number of nitrogens with zero attached hydrogens (tertiary/aromatic N) is 1. The van der Waals surface area contributed by atoms with E-state index in [0.29, 0.717) is 6.04 Å². The first kappa shape index (κ1) is 17.2. The molecule has 0 aromatic heterocycles. The largest absolute Gasteiger partial charge is 0.296 e. The van der Waals surface area contributed by atoms with E-state index in [1.807, 2.05) is 0 Å². The number of likely N-dealkylation sites (tertiary alicyclic amines) is 1. The Bertz CT molecular complexity index is 293. The fraction of sp³-hybridized carbons (Fsp3) is 1.00. The molecule has 124 valence electrons. The number of nitrogens with two attached hydrogens (primary N) is 1. The second kappa shape index (κ2) is 7.94. The second-order valence-corrected chi connectivity index (χ2v) is 7.59. The molecule has 1 saturated heterocycles. The van der Waals surface area contributed by atoms with Crippen molar-refractivity contribution in [3.05, 3.63) is 0 Å². The average molecular weight is 296 g/mol. The van der Waals surface area contributed by atoms with Crippen molar-refractivity contribution in [3.8, 4) is 0 Å². The highest BCUT2D eigenvalue weighted by molar-refractivity contribution is 5.00. The molecule has 1 aliphatic heterocycles. The molecule has 1 saturated carbocycles. The number of piperidine rings is 1. The quantitative estimate of drug-likeness (QED) is 0.580. The third kappa shape index (κ3) is 3.80. The molecule has 2 atom stereocenters. The molecule has 1 aliphatic carbocycles. The van der Waals surface area contributed by atoms with Gasteiger partial charge in [0.1, 0.15) is 0 Å². The molecule has 21 heavy (non-hydrogen) atoms. The highest BCUT2D eigenvalue weighted by atomic mass is 15.3. The van der Waals surface area contributed by atoms with E-state index in [4.69, 9.17) is 5.84 Å². The summed E-state index contributed by atoms with van der Waals surface area (Å²) in [4.78, 5) is 2.73. The van der Waals surface area contributed by atoms with Crippen molar-refractivity contribution in [2.24, 2.45) is 17.7 Å². The summed E-state index contributed by atoms with van der Waals surface area (Å²) in [5.74, 6) is 7.78. The molecule has 2 aliphatic rings. The topological polar surface area (TPSA) is 41.3 Å². The zero-order chi connectivity index (χ0) is 15.3. The van der Waals surface area contributed by atoms with E-state index in [-0.39, 0.29) is 5.54 Å². The van der Waals surface area contributed by atoms with Gasteiger partial charge in [0, 0.05) is 11.6 Å². The van der Waals surface area contributed by atoms with Crippen molar-refractivity contribution >= 4 is 0 Å². The summed E-state index contributed by atoms with van der Waals surface area (Å²) < 4.78 is 0. The minimum Gasteiger partial charge on any atom is -0.296 e. The zero-order valence-corrected chi connectivity index (χ0v) is 14.5. The lowest BCUT2D eigenvalue weighted by atomic mass is 9.71. The maximum Gasteiger partial charge on any atom is 0.0420 e. The number of hydrogen-bond acceptors (Lipinski definition) is 3. The molecule has 0 amide bonds. The highest BCUT2D eigenvalue weighted by Gasteiger charge is 2.42. The summed E-state index contributed by atoms with van der Waals surface area (Å²) in [5, 5.41) is 0. The summed E-state index contributed by atoms with van der Waals surface area (Å²) in [6.07, 6.45) is 12.2. The standard InChI is InChI=1S/C18H37N3/c1-4-15-9-11-16(12-10-15)17(20-19)18(3,5-2)21-13-7-6-8-14-21/h15-17,20H,4-14,19H2,1-3H3. The Kier molecular flexibility index (Phi) is 6.51. The molecule has 3 N–H and O–H groups in total. The van der Waals surface area contributed by atoms with Crippen LogP contribution in [0.25, 0.3) is 0 Å². The molecule has 0 bridgehead atoms. The van der Waals surface area contributed by atoms with E-state index in [2.05, 4.69) is 31.1 Å². The number of hydrogen-bond donors (Lipinski definition) is 2. The molecule has 0 aromatic carbocycles. The predicted octanol–water partition coefficient (Wildman–Crippen LogP) is 3.69. The van der Waals surface area contributed by atoms with E-state index in [9.17, 15) is 0 Å². The van der Waals surface area contributed by atoms with Crippen molar-refractivity contribution < 1.29 is 0 Å². The molecule has 0 aromatic rings.